The second-order valence-corrected chi connectivity index (χ2v) is 4.03. The Morgan fingerprint density at radius 3 is 2.80 bits per heavy atom. The molecule has 1 fully saturated rings. The molecule has 2 N–H and O–H groups in total. The Hall–Kier alpha value is -1.36. The Morgan fingerprint density at radius 1 is 1.60 bits per heavy atom. The molecule has 2 heterocycles. The van der Waals surface area contributed by atoms with Crippen molar-refractivity contribution in [2.45, 2.75) is 25.8 Å². The fourth-order valence-corrected chi connectivity index (χ4v) is 2.47. The fourth-order valence-electron chi connectivity index (χ4n) is 2.47. The van der Waals surface area contributed by atoms with Crippen LogP contribution in [0.4, 0.5) is 0 Å². The summed E-state index contributed by atoms with van der Waals surface area (Å²) in [5, 5.41) is 17.7. The summed E-state index contributed by atoms with van der Waals surface area (Å²) in [4.78, 5) is 23.9. The van der Waals surface area contributed by atoms with E-state index < -0.39 is 5.97 Å². The zero-order chi connectivity index (χ0) is 11.2. The van der Waals surface area contributed by atoms with Crippen molar-refractivity contribution < 1.29 is 19.8 Å². The quantitative estimate of drug-likeness (QED) is 0.642. The molecule has 0 bridgehead atoms. The zero-order valence-corrected chi connectivity index (χ0v) is 8.43. The van der Waals surface area contributed by atoms with Crippen molar-refractivity contribution in [1.82, 2.24) is 4.90 Å². The first-order chi connectivity index (χ1) is 7.07. The van der Waals surface area contributed by atoms with Gasteiger partial charge in [-0.2, -0.15) is 0 Å². The molecule has 82 valence electrons. The van der Waals surface area contributed by atoms with Gasteiger partial charge in [0.15, 0.2) is 0 Å². The minimum atomic E-state index is -1.04. The molecular weight excluding hydrogens is 198 g/mol. The van der Waals surface area contributed by atoms with E-state index in [9.17, 15) is 9.59 Å². The summed E-state index contributed by atoms with van der Waals surface area (Å²) < 4.78 is 0. The third kappa shape index (κ3) is 1.26. The topological polar surface area (TPSA) is 77.8 Å². The number of β-lactam (4-membered cyclic amide) rings is 1. The van der Waals surface area contributed by atoms with Gasteiger partial charge in [-0.1, -0.05) is 0 Å². The molecule has 0 radical (unpaired) electrons. The Labute approximate surface area is 87.0 Å². The van der Waals surface area contributed by atoms with Gasteiger partial charge < -0.3 is 15.1 Å². The summed E-state index contributed by atoms with van der Waals surface area (Å²) in [6.45, 7) is 1.72. The summed E-state index contributed by atoms with van der Waals surface area (Å²) in [5.41, 5.74) is 0.889. The van der Waals surface area contributed by atoms with Crippen LogP contribution in [0.3, 0.4) is 0 Å². The molecule has 0 saturated carbocycles. The molecule has 0 aliphatic carbocycles. The third-order valence-electron chi connectivity index (χ3n) is 3.15. The second kappa shape index (κ2) is 3.34. The highest BCUT2D eigenvalue weighted by molar-refractivity contribution is 5.99. The molecule has 1 saturated heterocycles. The lowest BCUT2D eigenvalue weighted by molar-refractivity contribution is -0.155. The van der Waals surface area contributed by atoms with E-state index >= 15 is 0 Å². The predicted octanol–water partition coefficient (Wildman–Crippen LogP) is -0.0419. The number of amides is 1. The molecule has 0 aromatic carbocycles. The number of carbonyl (C=O) groups excluding carboxylic acids is 1. The van der Waals surface area contributed by atoms with Gasteiger partial charge in [0.25, 0.3) is 0 Å². The molecule has 0 aromatic heterocycles. The molecule has 5 nitrogen and oxygen atoms in total. The van der Waals surface area contributed by atoms with Crippen LogP contribution >= 0.6 is 0 Å². The summed E-state index contributed by atoms with van der Waals surface area (Å²) in [6, 6.07) is -0.0317. The van der Waals surface area contributed by atoms with E-state index in [-0.39, 0.29) is 30.2 Å². The van der Waals surface area contributed by atoms with E-state index in [2.05, 4.69) is 0 Å². The van der Waals surface area contributed by atoms with E-state index in [1.165, 1.54) is 4.90 Å². The van der Waals surface area contributed by atoms with Crippen LogP contribution in [0.25, 0.3) is 0 Å². The fraction of sp³-hybridized carbons (Fsp3) is 0.600. The average Bonchev–Trinajstić information content (AvgIpc) is 2.49. The van der Waals surface area contributed by atoms with Crippen molar-refractivity contribution in [3.63, 3.8) is 0 Å². The molecule has 2 aliphatic rings. The number of carboxylic acid groups (broad SMARTS) is 1. The average molecular weight is 211 g/mol. The van der Waals surface area contributed by atoms with Crippen LogP contribution in [0.15, 0.2) is 11.3 Å². The van der Waals surface area contributed by atoms with Gasteiger partial charge in [0, 0.05) is 6.61 Å². The molecule has 2 aliphatic heterocycles. The van der Waals surface area contributed by atoms with Gasteiger partial charge in [-0.15, -0.1) is 0 Å². The summed E-state index contributed by atoms with van der Waals surface area (Å²) in [6.07, 6.45) is 1.05. The maximum atomic E-state index is 11.6. The number of hydrogen-bond acceptors (Lipinski definition) is 3. The highest BCUT2D eigenvalue weighted by Crippen LogP contribution is 2.43. The largest absolute Gasteiger partial charge is 0.477 e. The zero-order valence-electron chi connectivity index (χ0n) is 8.43. The van der Waals surface area contributed by atoms with E-state index in [1.807, 2.05) is 0 Å². The SMILES string of the molecule is CC1=C(C(=O)O)N2C(=O)C(CCO)C2C1. The Bertz CT molecular complexity index is 360. The number of aliphatic hydroxyl groups is 1. The third-order valence-corrected chi connectivity index (χ3v) is 3.15. The first kappa shape index (κ1) is 10.2. The number of aliphatic carboxylic acids is 1. The molecule has 2 unspecified atom stereocenters. The van der Waals surface area contributed by atoms with Crippen LogP contribution in [-0.4, -0.2) is 39.6 Å². The van der Waals surface area contributed by atoms with Gasteiger partial charge in [-0.05, 0) is 25.3 Å². The van der Waals surface area contributed by atoms with Gasteiger partial charge in [-0.25, -0.2) is 4.79 Å². The molecular formula is C10H13NO4. The number of fused-ring (bicyclic) bond motifs is 1. The Balaban J connectivity index is 2.19. The first-order valence-electron chi connectivity index (χ1n) is 4.95. The highest BCUT2D eigenvalue weighted by Gasteiger charge is 2.53. The van der Waals surface area contributed by atoms with Crippen molar-refractivity contribution in [1.29, 1.82) is 0 Å². The number of aliphatic hydroxyl groups excluding tert-OH is 1. The molecule has 2 atom stereocenters. The van der Waals surface area contributed by atoms with Gasteiger partial charge in [0.05, 0.1) is 12.0 Å². The van der Waals surface area contributed by atoms with Crippen LogP contribution in [0.2, 0.25) is 0 Å². The highest BCUT2D eigenvalue weighted by atomic mass is 16.4. The maximum absolute atomic E-state index is 11.6. The normalized spacial score (nSPS) is 29.2. The minimum absolute atomic E-state index is 0.0256. The summed E-state index contributed by atoms with van der Waals surface area (Å²) >= 11 is 0. The Morgan fingerprint density at radius 2 is 2.27 bits per heavy atom. The van der Waals surface area contributed by atoms with E-state index in [0.717, 1.165) is 5.57 Å². The monoisotopic (exact) mass is 211 g/mol. The minimum Gasteiger partial charge on any atom is -0.477 e. The van der Waals surface area contributed by atoms with Crippen molar-refractivity contribution in [2.75, 3.05) is 6.61 Å². The van der Waals surface area contributed by atoms with Gasteiger partial charge >= 0.3 is 5.97 Å². The van der Waals surface area contributed by atoms with Crippen molar-refractivity contribution in [3.8, 4) is 0 Å². The van der Waals surface area contributed by atoms with Gasteiger partial charge in [0.2, 0.25) is 5.91 Å². The van der Waals surface area contributed by atoms with E-state index in [0.29, 0.717) is 12.8 Å². The maximum Gasteiger partial charge on any atom is 0.352 e. The lowest BCUT2D eigenvalue weighted by Crippen LogP contribution is -2.58. The first-order valence-corrected chi connectivity index (χ1v) is 4.95. The van der Waals surface area contributed by atoms with E-state index in [4.69, 9.17) is 10.2 Å². The van der Waals surface area contributed by atoms with Crippen molar-refractivity contribution >= 4 is 11.9 Å². The van der Waals surface area contributed by atoms with Crippen LogP contribution in [0.5, 0.6) is 0 Å². The van der Waals surface area contributed by atoms with Crippen molar-refractivity contribution in [3.05, 3.63) is 11.3 Å². The van der Waals surface area contributed by atoms with Crippen LogP contribution in [-0.2, 0) is 9.59 Å². The van der Waals surface area contributed by atoms with Gasteiger partial charge in [-0.3, -0.25) is 4.79 Å². The number of rotatable bonds is 3. The lowest BCUT2D eigenvalue weighted by atomic mass is 9.84. The molecule has 5 heteroatoms. The predicted molar refractivity (Wildman–Crippen MR) is 50.8 cm³/mol. The molecule has 15 heavy (non-hydrogen) atoms. The van der Waals surface area contributed by atoms with Crippen LogP contribution in [0, 0.1) is 5.92 Å². The molecule has 1 amide bonds. The second-order valence-electron chi connectivity index (χ2n) is 4.03. The lowest BCUT2D eigenvalue weighted by Gasteiger charge is -2.43. The number of carboxylic acids is 1. The van der Waals surface area contributed by atoms with Crippen LogP contribution < -0.4 is 0 Å². The number of hydrogen-bond donors (Lipinski definition) is 2. The number of nitrogens with zero attached hydrogens (tertiary/aromatic N) is 1. The number of carbonyl (C=O) groups is 2. The summed E-state index contributed by atoms with van der Waals surface area (Å²) in [7, 11) is 0. The van der Waals surface area contributed by atoms with Crippen molar-refractivity contribution in [2.24, 2.45) is 5.92 Å². The van der Waals surface area contributed by atoms with Gasteiger partial charge in [0.1, 0.15) is 5.70 Å². The van der Waals surface area contributed by atoms with E-state index in [1.54, 1.807) is 6.92 Å². The molecule has 0 spiro atoms. The molecule has 2 rings (SSSR count). The molecule has 0 aromatic rings. The summed E-state index contributed by atoms with van der Waals surface area (Å²) in [5.74, 6) is -1.39. The Kier molecular flexibility index (Phi) is 2.26. The standard InChI is InChI=1S/C10H13NO4/c1-5-4-7-6(2-3-12)9(13)11(7)8(5)10(14)15/h6-7,12H,2-4H2,1H3,(H,14,15). The van der Waals surface area contributed by atoms with Crippen LogP contribution in [0.1, 0.15) is 19.8 Å². The smallest absolute Gasteiger partial charge is 0.352 e.